The second-order valence-electron chi connectivity index (χ2n) is 5.56. The minimum atomic E-state index is -1.80. The van der Waals surface area contributed by atoms with E-state index in [1.165, 1.54) is 6.08 Å². The second-order valence-corrected chi connectivity index (χ2v) is 52.7. The quantitative estimate of drug-likeness (QED) is 0.188. The van der Waals surface area contributed by atoms with Crippen LogP contribution in [0.4, 0.5) is 0 Å². The summed E-state index contributed by atoms with van der Waals surface area (Å²) < 4.78 is 0. The molecular formula is C12H18I5N2O4V2. The first-order valence-corrected chi connectivity index (χ1v) is 29.6. The summed E-state index contributed by atoms with van der Waals surface area (Å²) in [5, 5.41) is 19.2. The van der Waals surface area contributed by atoms with E-state index in [0.717, 1.165) is 6.42 Å². The topological polar surface area (TPSA) is 90.2 Å². The number of carbonyl (C=O) groups excluding carboxylic acids is 2. The van der Waals surface area contributed by atoms with Crippen LogP contribution < -0.4 is 0 Å². The van der Waals surface area contributed by atoms with E-state index in [1.54, 1.807) is 4.90 Å². The van der Waals surface area contributed by atoms with E-state index in [-0.39, 0.29) is 35.6 Å². The number of carbonyl (C=O) groups is 1. The molecule has 3 atom stereocenters. The van der Waals surface area contributed by atoms with Gasteiger partial charge in [-0.1, -0.05) is 6.92 Å². The van der Waals surface area contributed by atoms with Gasteiger partial charge in [-0.15, -0.1) is 0 Å². The molecule has 1 amide bonds. The fourth-order valence-corrected chi connectivity index (χ4v) is 2.89. The first kappa shape index (κ1) is 28.6. The van der Waals surface area contributed by atoms with Crippen molar-refractivity contribution in [2.45, 2.75) is 50.5 Å². The normalized spacial score (nSPS) is 27.5. The minimum absolute atomic E-state index is 0.000738. The fourth-order valence-electron chi connectivity index (χ4n) is 2.89. The van der Waals surface area contributed by atoms with Crippen LogP contribution in [0.1, 0.15) is 32.6 Å². The molecule has 2 fully saturated rings. The summed E-state index contributed by atoms with van der Waals surface area (Å²) in [4.78, 5) is 27.5. The van der Waals surface area contributed by atoms with Crippen molar-refractivity contribution in [1.82, 2.24) is 4.90 Å². The number of halogens is 5. The number of nitrogens with zero attached hydrogens (tertiary/aromatic N) is 2. The van der Waals surface area contributed by atoms with E-state index in [9.17, 15) is 19.8 Å². The Bertz CT molecular complexity index is 466. The summed E-state index contributed by atoms with van der Waals surface area (Å²) in [7, 11) is 0.628. The Kier molecular flexibility index (Phi) is 17.6. The molecule has 2 rings (SSSR count). The van der Waals surface area contributed by atoms with Crippen molar-refractivity contribution in [3.8, 4) is 0 Å². The Balaban J connectivity index is 0.000000708. The van der Waals surface area contributed by atoms with E-state index in [2.05, 4.69) is 105 Å². The van der Waals surface area contributed by atoms with Crippen molar-refractivity contribution < 1.29 is 34.2 Å². The fraction of sp³-hybridized carbons (Fsp3) is 0.833. The third-order valence-electron chi connectivity index (χ3n) is 3.95. The maximum absolute atomic E-state index is 12.0. The molecule has 1 saturated heterocycles. The van der Waals surface area contributed by atoms with Crippen molar-refractivity contribution in [2.24, 2.45) is 10.9 Å². The molecule has 0 bridgehead atoms. The van der Waals surface area contributed by atoms with Gasteiger partial charge in [0.05, 0.1) is 12.1 Å². The van der Waals surface area contributed by atoms with E-state index >= 15 is 0 Å². The number of aliphatic hydroxyl groups is 2. The molecule has 1 unspecified atom stereocenters. The molecule has 6 nitrogen and oxygen atoms in total. The van der Waals surface area contributed by atoms with E-state index in [4.69, 9.17) is 0 Å². The summed E-state index contributed by atoms with van der Waals surface area (Å²) in [6, 6.07) is -0.781. The van der Waals surface area contributed by atoms with Gasteiger partial charge >= 0.3 is 114 Å². The summed E-state index contributed by atoms with van der Waals surface area (Å²) >= 11 is 12.1. The van der Waals surface area contributed by atoms with Gasteiger partial charge in [-0.3, -0.25) is 4.79 Å². The van der Waals surface area contributed by atoms with Crippen LogP contribution in [-0.4, -0.2) is 51.5 Å². The third-order valence-corrected chi connectivity index (χ3v) is 3.95. The van der Waals surface area contributed by atoms with Gasteiger partial charge in [-0.05, 0) is 12.8 Å². The molecule has 2 aliphatic rings. The van der Waals surface area contributed by atoms with Gasteiger partial charge in [0.15, 0.2) is 5.79 Å². The molecule has 13 heteroatoms. The van der Waals surface area contributed by atoms with Gasteiger partial charge in [-0.25, -0.2) is 9.79 Å². The molecule has 1 aliphatic carbocycles. The molecule has 25 heavy (non-hydrogen) atoms. The molecule has 0 aromatic heterocycles. The number of hydrogen-bond donors (Lipinski definition) is 2. The second kappa shape index (κ2) is 15.4. The van der Waals surface area contributed by atoms with E-state index in [1.807, 2.05) is 6.92 Å². The zero-order valence-corrected chi connectivity index (χ0v) is 26.7. The average molecular weight is 991 g/mol. The van der Waals surface area contributed by atoms with Gasteiger partial charge < -0.3 is 15.1 Å². The average Bonchev–Trinajstić information content (AvgIpc) is 2.79. The van der Waals surface area contributed by atoms with Gasteiger partial charge in [-0.2, -0.15) is 0 Å². The number of aliphatic imine (C=N–C) groups is 1. The number of rotatable bonds is 2. The zero-order chi connectivity index (χ0) is 19.6. The van der Waals surface area contributed by atoms with Gasteiger partial charge in [0.25, 0.3) is 0 Å². The van der Waals surface area contributed by atoms with Gasteiger partial charge in [0.2, 0.25) is 12.0 Å². The van der Waals surface area contributed by atoms with Crippen molar-refractivity contribution in [3.63, 3.8) is 0 Å². The van der Waals surface area contributed by atoms with Crippen molar-refractivity contribution in [1.29, 1.82) is 0 Å². The monoisotopic (exact) mass is 991 g/mol. The Morgan fingerprint density at radius 1 is 1.32 bits per heavy atom. The van der Waals surface area contributed by atoms with Crippen LogP contribution in [0.5, 0.6) is 0 Å². The molecule has 0 spiro atoms. The third kappa shape index (κ3) is 12.1. The summed E-state index contributed by atoms with van der Waals surface area (Å²) in [5.41, 5.74) is 0. The predicted molar refractivity (Wildman–Crippen MR) is 132 cm³/mol. The summed E-state index contributed by atoms with van der Waals surface area (Å²) in [6.45, 7) is 2.53. The van der Waals surface area contributed by atoms with E-state index in [0.29, 0.717) is 22.4 Å². The molecule has 1 saturated carbocycles. The Hall–Kier alpha value is 3.59. The van der Waals surface area contributed by atoms with Crippen LogP contribution in [0.3, 0.4) is 0 Å². The molecule has 1 aliphatic heterocycles. The standard InChI is InChI=1S/C12H18N2O4.5HI.2V/c1-8-3-5-14(11(8)16)10-2-4-12(17,18)6-9(10)13-7-15;;;;;;;/h8-10,17-18H,2-6H2,1H3;5*1H;;/q;;;;;;+2;+3/p-5/t8-,9+,10?;;;;;;;/m0......./s1. The Morgan fingerprint density at radius 2 is 1.84 bits per heavy atom. The zero-order valence-electron chi connectivity index (χ0n) is 13.2. The van der Waals surface area contributed by atoms with Crippen molar-refractivity contribution in [2.75, 3.05) is 6.54 Å². The Morgan fingerprint density at radius 3 is 2.24 bits per heavy atom. The predicted octanol–water partition coefficient (Wildman–Crippen LogP) is 4.22. The van der Waals surface area contributed by atoms with Gasteiger partial charge in [0.1, 0.15) is 0 Å². The number of amides is 1. The molecule has 0 radical (unpaired) electrons. The van der Waals surface area contributed by atoms with E-state index < -0.39 is 11.8 Å². The van der Waals surface area contributed by atoms with Crippen LogP contribution in [0.15, 0.2) is 4.99 Å². The van der Waals surface area contributed by atoms with Crippen molar-refractivity contribution in [3.05, 3.63) is 0 Å². The molecule has 145 valence electrons. The first-order chi connectivity index (χ1) is 11.6. The molecule has 1 heterocycles. The molecule has 0 aromatic rings. The maximum atomic E-state index is 12.0. The first-order valence-electron chi connectivity index (χ1n) is 7.11. The van der Waals surface area contributed by atoms with Crippen LogP contribution in [0.25, 0.3) is 0 Å². The molecule has 2 N–H and O–H groups in total. The van der Waals surface area contributed by atoms with Crippen molar-refractivity contribution >= 4 is 112 Å². The van der Waals surface area contributed by atoms with Crippen LogP contribution in [-0.2, 0) is 24.0 Å². The molecule has 0 aromatic carbocycles. The molecular weight excluding hydrogens is 973 g/mol. The van der Waals surface area contributed by atoms with Crippen LogP contribution >= 0.6 is 99.9 Å². The van der Waals surface area contributed by atoms with Crippen LogP contribution in [0.2, 0.25) is 0 Å². The number of isocyanates is 1. The summed E-state index contributed by atoms with van der Waals surface area (Å²) in [6.07, 6.45) is 2.89. The SMILES string of the molecule is C[C@H]1CCN(C2CCC(O)(O)C[C@H]2N=C=O)C1=O.[I][V]([I])[I].[I][V][I]. The Labute approximate surface area is 214 Å². The number of hydrogen-bond acceptors (Lipinski definition) is 5. The van der Waals surface area contributed by atoms with Crippen LogP contribution in [0, 0.1) is 5.92 Å². The number of likely N-dealkylation sites (tertiary alicyclic amines) is 1. The van der Waals surface area contributed by atoms with Gasteiger partial charge in [0, 0.05) is 25.3 Å². The summed E-state index contributed by atoms with van der Waals surface area (Å²) in [5.74, 6) is -1.73.